The summed E-state index contributed by atoms with van der Waals surface area (Å²) in [6.45, 7) is 2.75. The maximum atomic E-state index is 12.6. The standard InChI is InChI=1S/C17H22N4O3S2/c1-2-6-15-19-20-17(25-15)18-16(22)13-9-11-21(12-10-13)26(23,24)14-7-4-3-5-8-14/h3-5,7-8,13H,2,6,9-12H2,1H3,(H,18,20,22). The van der Waals surface area contributed by atoms with Gasteiger partial charge in [0.25, 0.3) is 0 Å². The van der Waals surface area contributed by atoms with E-state index in [4.69, 9.17) is 0 Å². The first kappa shape index (κ1) is 18.9. The van der Waals surface area contributed by atoms with Crippen LogP contribution in [0.25, 0.3) is 0 Å². The van der Waals surface area contributed by atoms with Gasteiger partial charge in [0.05, 0.1) is 4.90 Å². The molecule has 1 aromatic heterocycles. The zero-order valence-electron chi connectivity index (χ0n) is 14.6. The number of nitrogens with zero attached hydrogens (tertiary/aromatic N) is 3. The summed E-state index contributed by atoms with van der Waals surface area (Å²) in [6, 6.07) is 8.40. The van der Waals surface area contributed by atoms with Crippen LogP contribution in [0.5, 0.6) is 0 Å². The van der Waals surface area contributed by atoms with Crippen LogP contribution in [-0.4, -0.2) is 41.9 Å². The SMILES string of the molecule is CCCc1nnc(NC(=O)C2CCN(S(=O)(=O)c3ccccc3)CC2)s1. The van der Waals surface area contributed by atoms with Crippen molar-refractivity contribution in [2.24, 2.45) is 5.92 Å². The average molecular weight is 395 g/mol. The summed E-state index contributed by atoms with van der Waals surface area (Å²) in [5.41, 5.74) is 0. The molecule has 0 radical (unpaired) electrons. The first-order chi connectivity index (χ1) is 12.5. The van der Waals surface area contributed by atoms with Crippen LogP contribution in [0.1, 0.15) is 31.2 Å². The number of aryl methyl sites for hydroxylation is 1. The Morgan fingerprint density at radius 2 is 1.92 bits per heavy atom. The monoisotopic (exact) mass is 394 g/mol. The molecular weight excluding hydrogens is 372 g/mol. The van der Waals surface area contributed by atoms with E-state index in [0.717, 1.165) is 17.8 Å². The van der Waals surface area contributed by atoms with Gasteiger partial charge in [0.1, 0.15) is 5.01 Å². The molecule has 0 bridgehead atoms. The van der Waals surface area contributed by atoms with E-state index in [-0.39, 0.29) is 11.8 Å². The van der Waals surface area contributed by atoms with E-state index < -0.39 is 10.0 Å². The van der Waals surface area contributed by atoms with Gasteiger partial charge in [0.15, 0.2) is 0 Å². The number of hydrogen-bond acceptors (Lipinski definition) is 6. The number of amides is 1. The molecule has 1 N–H and O–H groups in total. The Morgan fingerprint density at radius 1 is 1.23 bits per heavy atom. The number of carbonyl (C=O) groups excluding carboxylic acids is 1. The lowest BCUT2D eigenvalue weighted by Gasteiger charge is -2.30. The van der Waals surface area contributed by atoms with Gasteiger partial charge in [-0.1, -0.05) is 36.5 Å². The minimum Gasteiger partial charge on any atom is -0.300 e. The smallest absolute Gasteiger partial charge is 0.243 e. The third-order valence-corrected chi connectivity index (χ3v) is 7.18. The average Bonchev–Trinajstić information content (AvgIpc) is 3.10. The van der Waals surface area contributed by atoms with E-state index in [1.54, 1.807) is 30.3 Å². The molecule has 1 amide bonds. The molecule has 1 fully saturated rings. The third-order valence-electron chi connectivity index (χ3n) is 4.37. The summed E-state index contributed by atoms with van der Waals surface area (Å²) < 4.78 is 26.7. The second kappa shape index (κ2) is 8.24. The first-order valence-corrected chi connectivity index (χ1v) is 10.9. The molecular formula is C17H22N4O3S2. The molecule has 26 heavy (non-hydrogen) atoms. The molecule has 9 heteroatoms. The number of carbonyl (C=O) groups is 1. The lowest BCUT2D eigenvalue weighted by Crippen LogP contribution is -2.41. The van der Waals surface area contributed by atoms with Crippen LogP contribution in [0.4, 0.5) is 5.13 Å². The van der Waals surface area contributed by atoms with Crippen molar-refractivity contribution in [3.8, 4) is 0 Å². The molecule has 1 aliphatic rings. The summed E-state index contributed by atoms with van der Waals surface area (Å²) in [6.07, 6.45) is 2.83. The maximum Gasteiger partial charge on any atom is 0.243 e. The Morgan fingerprint density at radius 3 is 2.58 bits per heavy atom. The van der Waals surface area contributed by atoms with Crippen LogP contribution < -0.4 is 5.32 Å². The molecule has 1 aromatic carbocycles. The quantitative estimate of drug-likeness (QED) is 0.813. The minimum absolute atomic E-state index is 0.110. The molecule has 0 aliphatic carbocycles. The van der Waals surface area contributed by atoms with Crippen LogP contribution in [-0.2, 0) is 21.2 Å². The van der Waals surface area contributed by atoms with Crippen LogP contribution in [0, 0.1) is 5.92 Å². The topological polar surface area (TPSA) is 92.3 Å². The summed E-state index contributed by atoms with van der Waals surface area (Å²) in [4.78, 5) is 12.7. The Hall–Kier alpha value is -1.84. The van der Waals surface area contributed by atoms with Crippen molar-refractivity contribution in [2.75, 3.05) is 18.4 Å². The number of piperidine rings is 1. The molecule has 140 valence electrons. The number of anilines is 1. The molecule has 7 nitrogen and oxygen atoms in total. The predicted octanol–water partition coefficient (Wildman–Crippen LogP) is 2.53. The zero-order chi connectivity index (χ0) is 18.6. The molecule has 0 saturated carbocycles. The summed E-state index contributed by atoms with van der Waals surface area (Å²) in [5.74, 6) is -0.322. The highest BCUT2D eigenvalue weighted by molar-refractivity contribution is 7.89. The van der Waals surface area contributed by atoms with Gasteiger partial charge in [0, 0.05) is 25.4 Å². The van der Waals surface area contributed by atoms with Gasteiger partial charge in [-0.3, -0.25) is 4.79 Å². The molecule has 1 saturated heterocycles. The molecule has 0 unspecified atom stereocenters. The zero-order valence-corrected chi connectivity index (χ0v) is 16.2. The van der Waals surface area contributed by atoms with Crippen LogP contribution >= 0.6 is 11.3 Å². The molecule has 1 aliphatic heterocycles. The number of hydrogen-bond donors (Lipinski definition) is 1. The van der Waals surface area contributed by atoms with E-state index >= 15 is 0 Å². The molecule has 2 heterocycles. The van der Waals surface area contributed by atoms with Crippen molar-refractivity contribution in [3.05, 3.63) is 35.3 Å². The summed E-state index contributed by atoms with van der Waals surface area (Å²) in [5, 5.41) is 12.3. The Balaban J connectivity index is 1.57. The third kappa shape index (κ3) is 4.28. The number of rotatable bonds is 6. The number of sulfonamides is 1. The van der Waals surface area contributed by atoms with Crippen molar-refractivity contribution in [3.63, 3.8) is 0 Å². The van der Waals surface area contributed by atoms with Gasteiger partial charge in [-0.2, -0.15) is 4.31 Å². The highest BCUT2D eigenvalue weighted by Crippen LogP contribution is 2.25. The van der Waals surface area contributed by atoms with Gasteiger partial charge >= 0.3 is 0 Å². The Bertz CT molecular complexity index is 844. The fraction of sp³-hybridized carbons (Fsp3) is 0.471. The number of benzene rings is 1. The minimum atomic E-state index is -3.49. The van der Waals surface area contributed by atoms with Gasteiger partial charge < -0.3 is 5.32 Å². The van der Waals surface area contributed by atoms with Gasteiger partial charge in [-0.25, -0.2) is 8.42 Å². The van der Waals surface area contributed by atoms with E-state index in [9.17, 15) is 13.2 Å². The maximum absolute atomic E-state index is 12.6. The van der Waals surface area contributed by atoms with Crippen LogP contribution in [0.2, 0.25) is 0 Å². The first-order valence-electron chi connectivity index (χ1n) is 8.69. The predicted molar refractivity (Wildman–Crippen MR) is 100 cm³/mol. The summed E-state index contributed by atoms with van der Waals surface area (Å²) in [7, 11) is -3.49. The molecule has 0 spiro atoms. The van der Waals surface area contributed by atoms with Gasteiger partial charge in [-0.05, 0) is 31.4 Å². The van der Waals surface area contributed by atoms with Crippen molar-refractivity contribution in [1.29, 1.82) is 0 Å². The fourth-order valence-electron chi connectivity index (χ4n) is 2.93. The van der Waals surface area contributed by atoms with Crippen LogP contribution in [0.15, 0.2) is 35.2 Å². The highest BCUT2D eigenvalue weighted by Gasteiger charge is 2.32. The van der Waals surface area contributed by atoms with Crippen molar-refractivity contribution in [2.45, 2.75) is 37.5 Å². The fourth-order valence-corrected chi connectivity index (χ4v) is 5.26. The highest BCUT2D eigenvalue weighted by atomic mass is 32.2. The van der Waals surface area contributed by atoms with E-state index in [2.05, 4.69) is 22.4 Å². The lowest BCUT2D eigenvalue weighted by atomic mass is 9.97. The van der Waals surface area contributed by atoms with Gasteiger partial charge in [0.2, 0.25) is 21.1 Å². The van der Waals surface area contributed by atoms with Crippen molar-refractivity contribution in [1.82, 2.24) is 14.5 Å². The number of nitrogens with one attached hydrogen (secondary N) is 1. The largest absolute Gasteiger partial charge is 0.300 e. The molecule has 3 rings (SSSR count). The van der Waals surface area contributed by atoms with E-state index in [1.807, 2.05) is 0 Å². The van der Waals surface area contributed by atoms with Crippen molar-refractivity contribution >= 4 is 32.4 Å². The van der Waals surface area contributed by atoms with Crippen LogP contribution in [0.3, 0.4) is 0 Å². The van der Waals surface area contributed by atoms with Gasteiger partial charge in [-0.15, -0.1) is 10.2 Å². The molecule has 0 atom stereocenters. The lowest BCUT2D eigenvalue weighted by molar-refractivity contribution is -0.120. The number of aromatic nitrogens is 2. The Kier molecular flexibility index (Phi) is 6.00. The second-order valence-electron chi connectivity index (χ2n) is 6.23. The normalized spacial score (nSPS) is 16.5. The van der Waals surface area contributed by atoms with E-state index in [1.165, 1.54) is 15.6 Å². The Labute approximate surface area is 157 Å². The second-order valence-corrected chi connectivity index (χ2v) is 9.23. The van der Waals surface area contributed by atoms with E-state index in [0.29, 0.717) is 36.0 Å². The summed E-state index contributed by atoms with van der Waals surface area (Å²) >= 11 is 1.39. The van der Waals surface area contributed by atoms with Crippen molar-refractivity contribution < 1.29 is 13.2 Å². The molecule has 2 aromatic rings.